The van der Waals surface area contributed by atoms with Gasteiger partial charge in [-0.15, -0.1) is 0 Å². The van der Waals surface area contributed by atoms with E-state index in [9.17, 15) is 4.79 Å². The highest BCUT2D eigenvalue weighted by Crippen LogP contribution is 2.63. The van der Waals surface area contributed by atoms with Crippen molar-refractivity contribution in [3.05, 3.63) is 23.5 Å². The molecule has 0 saturated heterocycles. The molecule has 0 aromatic heterocycles. The average molecular weight is 355 g/mol. The number of ether oxygens (including phenoxy) is 1. The Kier molecular flexibility index (Phi) is 3.92. The lowest BCUT2D eigenvalue weighted by molar-refractivity contribution is -0.131. The fourth-order valence-corrected chi connectivity index (χ4v) is 7.38. The highest BCUT2D eigenvalue weighted by atomic mass is 16.5. The second kappa shape index (κ2) is 5.97. The van der Waals surface area contributed by atoms with Gasteiger partial charge in [-0.1, -0.05) is 19.9 Å². The van der Waals surface area contributed by atoms with E-state index in [-0.39, 0.29) is 5.41 Å². The summed E-state index contributed by atoms with van der Waals surface area (Å²) in [7, 11) is 0. The van der Waals surface area contributed by atoms with Crippen LogP contribution in [0.15, 0.2) is 23.5 Å². The second-order valence-electron chi connectivity index (χ2n) is 10.2. The molecule has 3 saturated carbocycles. The molecule has 3 fully saturated rings. The van der Waals surface area contributed by atoms with Crippen molar-refractivity contribution in [1.29, 1.82) is 0 Å². The first-order valence-corrected chi connectivity index (χ1v) is 11.1. The zero-order valence-electron chi connectivity index (χ0n) is 16.6. The van der Waals surface area contributed by atoms with Crippen LogP contribution in [0.3, 0.4) is 0 Å². The molecule has 0 aliphatic heterocycles. The van der Waals surface area contributed by atoms with Crippen LogP contribution in [0.25, 0.3) is 0 Å². The minimum atomic E-state index is -0.00980. The molecule has 0 heterocycles. The molecule has 0 bridgehead atoms. The summed E-state index contributed by atoms with van der Waals surface area (Å²) in [5, 5.41) is 0. The molecule has 0 spiro atoms. The summed E-state index contributed by atoms with van der Waals surface area (Å²) in [5.74, 6) is 3.91. The first-order valence-electron chi connectivity index (χ1n) is 11.1. The molecule has 0 radical (unpaired) electrons. The number of hydrogen-bond donors (Lipinski definition) is 0. The Hall–Kier alpha value is -1.05. The van der Waals surface area contributed by atoms with Gasteiger partial charge >= 0.3 is 0 Å². The number of carbonyl (C=O) groups is 1. The lowest BCUT2D eigenvalue weighted by Crippen LogP contribution is -2.49. The van der Waals surface area contributed by atoms with E-state index in [1.54, 1.807) is 5.57 Å². The molecule has 2 nitrogen and oxygen atoms in total. The highest BCUT2D eigenvalue weighted by molar-refractivity contribution is 5.87. The molecule has 5 rings (SSSR count). The van der Waals surface area contributed by atoms with Gasteiger partial charge in [0, 0.05) is 18.3 Å². The molecule has 0 unspecified atom stereocenters. The first-order chi connectivity index (χ1) is 12.5. The van der Waals surface area contributed by atoms with Crippen LogP contribution < -0.4 is 0 Å². The van der Waals surface area contributed by atoms with Gasteiger partial charge in [0.1, 0.15) is 5.78 Å². The number of hydrogen-bond acceptors (Lipinski definition) is 2. The zero-order valence-corrected chi connectivity index (χ0v) is 16.6. The second-order valence-corrected chi connectivity index (χ2v) is 10.2. The summed E-state index contributed by atoms with van der Waals surface area (Å²) >= 11 is 0. The van der Waals surface area contributed by atoms with Crippen LogP contribution in [0.4, 0.5) is 0 Å². The van der Waals surface area contributed by atoms with E-state index >= 15 is 0 Å². The van der Waals surface area contributed by atoms with Gasteiger partial charge in [-0.2, -0.15) is 0 Å². The highest BCUT2D eigenvalue weighted by Gasteiger charge is 2.58. The number of allylic oxidation sites excluding steroid dienone is 4. The molecule has 5 aliphatic rings. The minimum Gasteiger partial charge on any atom is -0.495 e. The summed E-state index contributed by atoms with van der Waals surface area (Å²) in [4.78, 5) is 12.5. The number of fused-ring (bicyclic) bond motifs is 5. The lowest BCUT2D eigenvalue weighted by Gasteiger charge is -2.55. The van der Waals surface area contributed by atoms with Gasteiger partial charge in [0.05, 0.1) is 11.9 Å². The van der Waals surface area contributed by atoms with Gasteiger partial charge in [-0.05, 0) is 92.6 Å². The van der Waals surface area contributed by atoms with Gasteiger partial charge in [0.2, 0.25) is 0 Å². The summed E-state index contributed by atoms with van der Waals surface area (Å²) in [6, 6.07) is 0. The van der Waals surface area contributed by atoms with Crippen LogP contribution >= 0.6 is 0 Å². The van der Waals surface area contributed by atoms with Crippen molar-refractivity contribution in [3.63, 3.8) is 0 Å². The van der Waals surface area contributed by atoms with E-state index in [4.69, 9.17) is 4.74 Å². The van der Waals surface area contributed by atoms with Crippen molar-refractivity contribution in [2.75, 3.05) is 0 Å². The summed E-state index contributed by atoms with van der Waals surface area (Å²) in [6.07, 6.45) is 18.4. The van der Waals surface area contributed by atoms with Crippen LogP contribution in [-0.2, 0) is 9.53 Å². The number of carbonyl (C=O) groups excluding carboxylic acids is 1. The number of Topliss-reactive ketones (excluding diaryl/α,β-unsaturated/α-hetero) is 1. The van der Waals surface area contributed by atoms with Crippen molar-refractivity contribution in [3.8, 4) is 0 Å². The molecule has 5 atom stereocenters. The van der Waals surface area contributed by atoms with E-state index in [0.29, 0.717) is 23.2 Å². The predicted molar refractivity (Wildman–Crippen MR) is 104 cm³/mol. The molecule has 0 N–H and O–H groups in total. The molecule has 0 aromatic carbocycles. The maximum atomic E-state index is 12.5. The van der Waals surface area contributed by atoms with E-state index in [1.807, 2.05) is 0 Å². The largest absolute Gasteiger partial charge is 0.495 e. The molecular weight excluding hydrogens is 320 g/mol. The van der Waals surface area contributed by atoms with E-state index in [2.05, 4.69) is 26.0 Å². The molecule has 2 heteroatoms. The third-order valence-electron chi connectivity index (χ3n) is 9.06. The maximum Gasteiger partial charge on any atom is 0.139 e. The lowest BCUT2D eigenvalue weighted by atomic mass is 9.49. The molecule has 26 heavy (non-hydrogen) atoms. The Morgan fingerprint density at radius 3 is 2.54 bits per heavy atom. The molecule has 5 aliphatic carbocycles. The third-order valence-corrected chi connectivity index (χ3v) is 9.06. The molecule has 0 aromatic rings. The minimum absolute atomic E-state index is 0.00980. The third kappa shape index (κ3) is 2.39. The van der Waals surface area contributed by atoms with Gasteiger partial charge < -0.3 is 4.74 Å². The Bertz CT molecular complexity index is 668. The quantitative estimate of drug-likeness (QED) is 0.610. The Labute approximate surface area is 158 Å². The van der Waals surface area contributed by atoms with Gasteiger partial charge in [0.15, 0.2) is 0 Å². The fourth-order valence-electron chi connectivity index (χ4n) is 7.38. The van der Waals surface area contributed by atoms with E-state index in [0.717, 1.165) is 37.5 Å². The van der Waals surface area contributed by atoms with E-state index < -0.39 is 0 Å². The van der Waals surface area contributed by atoms with E-state index in [1.165, 1.54) is 50.7 Å². The van der Waals surface area contributed by atoms with Crippen molar-refractivity contribution >= 4 is 5.78 Å². The first kappa shape index (κ1) is 17.1. The van der Waals surface area contributed by atoms with Gasteiger partial charge in [-0.3, -0.25) is 4.79 Å². The van der Waals surface area contributed by atoms with Gasteiger partial charge in [0.25, 0.3) is 0 Å². The molecular formula is C24H34O2. The summed E-state index contributed by atoms with van der Waals surface area (Å²) in [6.45, 7) is 4.79. The summed E-state index contributed by atoms with van der Waals surface area (Å²) in [5.41, 5.74) is 1.84. The fraction of sp³-hybridized carbons (Fsp3) is 0.792. The SMILES string of the molecule is C[C@]12CCC(OC3CCCC3)=CC1=CC[C@@H]1[C@@H]2CC[C@]2(C)C(=O)CC[C@@H]12. The van der Waals surface area contributed by atoms with Crippen LogP contribution in [0, 0.1) is 28.6 Å². The standard InChI is InChI=1S/C24H34O2/c1-23-13-11-18(26-17-5-3-4-6-17)15-16(23)7-8-19-20-9-10-22(25)24(20,2)14-12-21(19)23/h7,15,17,19-21H,3-6,8-14H2,1-2H3/t19-,20-,21-,23-,24-/m0/s1. The topological polar surface area (TPSA) is 26.3 Å². The molecule has 0 amide bonds. The van der Waals surface area contributed by atoms with Crippen molar-refractivity contribution in [2.24, 2.45) is 28.6 Å². The normalized spacial score (nSPS) is 45.5. The Morgan fingerprint density at radius 1 is 0.962 bits per heavy atom. The average Bonchev–Trinajstić information content (AvgIpc) is 3.23. The van der Waals surface area contributed by atoms with Crippen molar-refractivity contribution in [2.45, 2.75) is 90.6 Å². The summed E-state index contributed by atoms with van der Waals surface area (Å²) < 4.78 is 6.36. The molecule has 142 valence electrons. The van der Waals surface area contributed by atoms with Crippen LogP contribution in [-0.4, -0.2) is 11.9 Å². The van der Waals surface area contributed by atoms with Crippen molar-refractivity contribution in [1.82, 2.24) is 0 Å². The zero-order chi connectivity index (χ0) is 17.9. The van der Waals surface area contributed by atoms with Gasteiger partial charge in [-0.25, -0.2) is 0 Å². The monoisotopic (exact) mass is 354 g/mol. The maximum absolute atomic E-state index is 12.5. The van der Waals surface area contributed by atoms with Crippen LogP contribution in [0.1, 0.15) is 84.5 Å². The Balaban J connectivity index is 1.41. The van der Waals surface area contributed by atoms with Crippen molar-refractivity contribution < 1.29 is 9.53 Å². The van der Waals surface area contributed by atoms with Crippen LogP contribution in [0.2, 0.25) is 0 Å². The number of rotatable bonds is 2. The van der Waals surface area contributed by atoms with Crippen LogP contribution in [0.5, 0.6) is 0 Å². The predicted octanol–water partition coefficient (Wildman–Crippen LogP) is 5.97. The number of ketones is 1. The Morgan fingerprint density at radius 2 is 1.73 bits per heavy atom. The smallest absolute Gasteiger partial charge is 0.139 e.